The molecule has 1 aliphatic heterocycles. The second kappa shape index (κ2) is 5.71. The maximum absolute atomic E-state index is 12.6. The fourth-order valence-electron chi connectivity index (χ4n) is 2.17. The third kappa shape index (κ3) is 2.55. The van der Waals surface area contributed by atoms with E-state index in [1.165, 1.54) is 28.4 Å². The number of thioether (sulfide) groups is 1. The molecule has 4 nitrogen and oxygen atoms in total. The standard InChI is InChI=1S/C13H12ClN3OS2/c1-19-13-15-6-9(14)11(16-13)12(18)17-4-2-10-8(7-17)3-5-20-10/h3,5-6H,2,4,7H2,1H3. The Kier molecular flexibility index (Phi) is 3.96. The molecule has 0 aromatic carbocycles. The highest BCUT2D eigenvalue weighted by Gasteiger charge is 2.25. The van der Waals surface area contributed by atoms with Crippen LogP contribution in [0.5, 0.6) is 0 Å². The summed E-state index contributed by atoms with van der Waals surface area (Å²) >= 11 is 9.21. The van der Waals surface area contributed by atoms with Crippen LogP contribution in [0.1, 0.15) is 20.9 Å². The van der Waals surface area contributed by atoms with Crippen LogP contribution in [-0.4, -0.2) is 33.6 Å². The van der Waals surface area contributed by atoms with Gasteiger partial charge in [0.1, 0.15) is 0 Å². The molecule has 104 valence electrons. The number of fused-ring (bicyclic) bond motifs is 1. The Balaban J connectivity index is 1.87. The number of aromatic nitrogens is 2. The molecule has 2 aromatic heterocycles. The maximum atomic E-state index is 12.6. The van der Waals surface area contributed by atoms with E-state index in [1.54, 1.807) is 16.2 Å². The predicted molar refractivity (Wildman–Crippen MR) is 81.6 cm³/mol. The van der Waals surface area contributed by atoms with Crippen molar-refractivity contribution in [3.8, 4) is 0 Å². The molecule has 0 aliphatic carbocycles. The zero-order valence-electron chi connectivity index (χ0n) is 10.8. The third-order valence-electron chi connectivity index (χ3n) is 3.20. The van der Waals surface area contributed by atoms with E-state index in [9.17, 15) is 4.79 Å². The first-order valence-electron chi connectivity index (χ1n) is 6.10. The quantitative estimate of drug-likeness (QED) is 0.628. The van der Waals surface area contributed by atoms with Gasteiger partial charge in [-0.25, -0.2) is 9.97 Å². The van der Waals surface area contributed by atoms with E-state index in [-0.39, 0.29) is 5.91 Å². The molecule has 1 amide bonds. The maximum Gasteiger partial charge on any atom is 0.274 e. The highest BCUT2D eigenvalue weighted by atomic mass is 35.5. The molecule has 0 unspecified atom stereocenters. The van der Waals surface area contributed by atoms with Crippen molar-refractivity contribution < 1.29 is 4.79 Å². The largest absolute Gasteiger partial charge is 0.333 e. The van der Waals surface area contributed by atoms with E-state index in [2.05, 4.69) is 21.4 Å². The van der Waals surface area contributed by atoms with Crippen molar-refractivity contribution in [2.24, 2.45) is 0 Å². The Labute approximate surface area is 130 Å². The van der Waals surface area contributed by atoms with E-state index < -0.39 is 0 Å². The van der Waals surface area contributed by atoms with Crippen LogP contribution in [-0.2, 0) is 13.0 Å². The molecule has 7 heteroatoms. The van der Waals surface area contributed by atoms with Gasteiger partial charge in [-0.15, -0.1) is 11.3 Å². The first-order chi connectivity index (χ1) is 9.69. The Morgan fingerprint density at radius 2 is 2.40 bits per heavy atom. The van der Waals surface area contributed by atoms with E-state index in [1.807, 2.05) is 6.26 Å². The Bertz CT molecular complexity index is 659. The van der Waals surface area contributed by atoms with Crippen LogP contribution in [0.3, 0.4) is 0 Å². The van der Waals surface area contributed by atoms with Crippen molar-refractivity contribution in [2.45, 2.75) is 18.1 Å². The van der Waals surface area contributed by atoms with Crippen molar-refractivity contribution in [3.05, 3.63) is 38.8 Å². The van der Waals surface area contributed by atoms with Crippen molar-refractivity contribution in [3.63, 3.8) is 0 Å². The summed E-state index contributed by atoms with van der Waals surface area (Å²) in [5, 5.41) is 2.94. The molecule has 0 saturated heterocycles. The smallest absolute Gasteiger partial charge is 0.274 e. The Morgan fingerprint density at radius 1 is 1.55 bits per heavy atom. The minimum absolute atomic E-state index is 0.121. The van der Waals surface area contributed by atoms with Gasteiger partial charge in [-0.3, -0.25) is 4.79 Å². The molecule has 20 heavy (non-hydrogen) atoms. The van der Waals surface area contributed by atoms with E-state index in [0.29, 0.717) is 29.0 Å². The number of amides is 1. The molecule has 0 bridgehead atoms. The molecule has 0 radical (unpaired) electrons. The number of hydrogen-bond donors (Lipinski definition) is 0. The molecule has 0 fully saturated rings. The first-order valence-corrected chi connectivity index (χ1v) is 8.58. The van der Waals surface area contributed by atoms with Crippen LogP contribution in [0, 0.1) is 0 Å². The van der Waals surface area contributed by atoms with E-state index in [0.717, 1.165) is 6.42 Å². The van der Waals surface area contributed by atoms with Crippen LogP contribution >= 0.6 is 34.7 Å². The van der Waals surface area contributed by atoms with Gasteiger partial charge in [0.2, 0.25) is 0 Å². The summed E-state index contributed by atoms with van der Waals surface area (Å²) in [6.45, 7) is 1.34. The summed E-state index contributed by atoms with van der Waals surface area (Å²) in [5.74, 6) is -0.121. The molecule has 0 N–H and O–H groups in total. The number of rotatable bonds is 2. The van der Waals surface area contributed by atoms with Gasteiger partial charge in [-0.2, -0.15) is 0 Å². The number of thiophene rings is 1. The molecule has 1 aliphatic rings. The molecular weight excluding hydrogens is 314 g/mol. The molecule has 2 aromatic rings. The van der Waals surface area contributed by atoms with Crippen molar-refractivity contribution in [1.82, 2.24) is 14.9 Å². The van der Waals surface area contributed by atoms with Gasteiger partial charge >= 0.3 is 0 Å². The summed E-state index contributed by atoms with van der Waals surface area (Å²) in [4.78, 5) is 24.0. The van der Waals surface area contributed by atoms with Gasteiger partial charge < -0.3 is 4.90 Å². The van der Waals surface area contributed by atoms with Gasteiger partial charge in [-0.05, 0) is 29.7 Å². The molecular formula is C13H12ClN3OS2. The van der Waals surface area contributed by atoms with Gasteiger partial charge in [-0.1, -0.05) is 23.4 Å². The van der Waals surface area contributed by atoms with Gasteiger partial charge in [0.15, 0.2) is 10.9 Å². The van der Waals surface area contributed by atoms with Gasteiger partial charge in [0.25, 0.3) is 5.91 Å². The molecule has 0 saturated carbocycles. The topological polar surface area (TPSA) is 46.1 Å². The van der Waals surface area contributed by atoms with Crippen LogP contribution in [0.4, 0.5) is 0 Å². The molecule has 0 atom stereocenters. The summed E-state index contributed by atoms with van der Waals surface area (Å²) in [7, 11) is 0. The second-order valence-corrected chi connectivity index (χ2v) is 6.58. The summed E-state index contributed by atoms with van der Waals surface area (Å²) in [6.07, 6.45) is 4.26. The number of nitrogens with zero attached hydrogens (tertiary/aromatic N) is 3. The lowest BCUT2D eigenvalue weighted by molar-refractivity contribution is 0.0729. The van der Waals surface area contributed by atoms with Crippen molar-refractivity contribution >= 4 is 40.6 Å². The first kappa shape index (κ1) is 13.9. The minimum atomic E-state index is -0.121. The summed E-state index contributed by atoms with van der Waals surface area (Å²) < 4.78 is 0. The number of halogens is 1. The van der Waals surface area contributed by atoms with E-state index in [4.69, 9.17) is 11.6 Å². The summed E-state index contributed by atoms with van der Waals surface area (Å²) in [5.41, 5.74) is 1.52. The van der Waals surface area contributed by atoms with Gasteiger partial charge in [0.05, 0.1) is 11.2 Å². The van der Waals surface area contributed by atoms with Crippen molar-refractivity contribution in [1.29, 1.82) is 0 Å². The second-order valence-electron chi connectivity index (χ2n) is 4.40. The number of carbonyl (C=O) groups is 1. The monoisotopic (exact) mass is 325 g/mol. The fraction of sp³-hybridized carbons (Fsp3) is 0.308. The number of hydrogen-bond acceptors (Lipinski definition) is 5. The lowest BCUT2D eigenvalue weighted by Gasteiger charge is -2.26. The number of carbonyl (C=O) groups excluding carboxylic acids is 1. The summed E-state index contributed by atoms with van der Waals surface area (Å²) in [6, 6.07) is 2.08. The Morgan fingerprint density at radius 3 is 3.20 bits per heavy atom. The van der Waals surface area contributed by atoms with Crippen LogP contribution in [0.15, 0.2) is 22.8 Å². The highest BCUT2D eigenvalue weighted by molar-refractivity contribution is 7.98. The zero-order chi connectivity index (χ0) is 14.1. The average Bonchev–Trinajstić information content (AvgIpc) is 2.94. The molecule has 3 heterocycles. The van der Waals surface area contributed by atoms with Gasteiger partial charge in [0, 0.05) is 18.0 Å². The molecule has 3 rings (SSSR count). The van der Waals surface area contributed by atoms with Crippen molar-refractivity contribution in [2.75, 3.05) is 12.8 Å². The predicted octanol–water partition coefficient (Wildman–Crippen LogP) is 3.11. The SMILES string of the molecule is CSc1ncc(Cl)c(C(=O)N2CCc3sccc3C2)n1. The lowest BCUT2D eigenvalue weighted by atomic mass is 10.1. The lowest BCUT2D eigenvalue weighted by Crippen LogP contribution is -2.36. The van der Waals surface area contributed by atoms with Crippen LogP contribution in [0.2, 0.25) is 5.02 Å². The molecule has 0 spiro atoms. The third-order valence-corrected chi connectivity index (χ3v) is 5.06. The Hall–Kier alpha value is -1.11. The zero-order valence-corrected chi connectivity index (χ0v) is 13.2. The highest BCUT2D eigenvalue weighted by Crippen LogP contribution is 2.26. The fourth-order valence-corrected chi connectivity index (χ4v) is 3.57. The normalized spacial score (nSPS) is 14.2. The minimum Gasteiger partial charge on any atom is -0.333 e. The van der Waals surface area contributed by atoms with Crippen LogP contribution in [0.25, 0.3) is 0 Å². The van der Waals surface area contributed by atoms with Crippen LogP contribution < -0.4 is 0 Å². The van der Waals surface area contributed by atoms with E-state index >= 15 is 0 Å². The average molecular weight is 326 g/mol.